The standard InChI is InChI=1S/C27H27F2N/c1-2-3-4-18-5-7-19(8-6-18)20-11-13-24(26(28)16-20)21-12-14-25-22(15-21)9-10-23(17-30)27(25)29/h9-16,18-19H,2-8H2,1H3. The van der Waals surface area contributed by atoms with Gasteiger partial charge in [-0.15, -0.1) is 0 Å². The lowest BCUT2D eigenvalue weighted by Gasteiger charge is -2.29. The molecule has 30 heavy (non-hydrogen) atoms. The lowest BCUT2D eigenvalue weighted by Crippen LogP contribution is -2.13. The summed E-state index contributed by atoms with van der Waals surface area (Å²) < 4.78 is 29.4. The molecule has 1 saturated carbocycles. The second-order valence-electron chi connectivity index (χ2n) is 8.57. The molecule has 154 valence electrons. The monoisotopic (exact) mass is 403 g/mol. The second kappa shape index (κ2) is 8.96. The summed E-state index contributed by atoms with van der Waals surface area (Å²) in [4.78, 5) is 0. The van der Waals surface area contributed by atoms with Gasteiger partial charge in [-0.25, -0.2) is 8.78 Å². The number of nitrogens with zero attached hydrogens (tertiary/aromatic N) is 1. The van der Waals surface area contributed by atoms with Gasteiger partial charge in [-0.1, -0.05) is 56.5 Å². The van der Waals surface area contributed by atoms with Gasteiger partial charge in [0.1, 0.15) is 17.7 Å². The van der Waals surface area contributed by atoms with E-state index in [2.05, 4.69) is 13.0 Å². The quantitative estimate of drug-likeness (QED) is 0.422. The van der Waals surface area contributed by atoms with Crippen LogP contribution >= 0.6 is 0 Å². The minimum atomic E-state index is -0.521. The lowest BCUT2D eigenvalue weighted by atomic mass is 9.77. The molecule has 0 unspecified atom stereocenters. The van der Waals surface area contributed by atoms with Crippen molar-refractivity contribution in [2.24, 2.45) is 5.92 Å². The summed E-state index contributed by atoms with van der Waals surface area (Å²) in [6.45, 7) is 2.24. The van der Waals surface area contributed by atoms with Crippen LogP contribution in [0.4, 0.5) is 8.78 Å². The van der Waals surface area contributed by atoms with Gasteiger partial charge in [0.15, 0.2) is 0 Å². The Kier molecular flexibility index (Phi) is 6.13. The molecule has 4 rings (SSSR count). The van der Waals surface area contributed by atoms with Crippen LogP contribution in [0.2, 0.25) is 0 Å². The molecule has 0 spiro atoms. The summed E-state index contributed by atoms with van der Waals surface area (Å²) in [6, 6.07) is 15.8. The van der Waals surface area contributed by atoms with E-state index in [4.69, 9.17) is 5.26 Å². The average Bonchev–Trinajstić information content (AvgIpc) is 2.78. The van der Waals surface area contributed by atoms with Gasteiger partial charge in [0.25, 0.3) is 0 Å². The Balaban J connectivity index is 1.55. The molecule has 3 heteroatoms. The number of rotatable bonds is 5. The molecule has 1 aliphatic rings. The topological polar surface area (TPSA) is 23.8 Å². The Morgan fingerprint density at radius 1 is 0.967 bits per heavy atom. The zero-order valence-electron chi connectivity index (χ0n) is 17.4. The van der Waals surface area contributed by atoms with E-state index in [9.17, 15) is 4.39 Å². The Hall–Kier alpha value is -2.73. The minimum absolute atomic E-state index is 0.0233. The summed E-state index contributed by atoms with van der Waals surface area (Å²) in [5, 5.41) is 10.0. The second-order valence-corrected chi connectivity index (χ2v) is 8.57. The van der Waals surface area contributed by atoms with Crippen LogP contribution in [0.1, 0.15) is 68.9 Å². The Bertz CT molecular complexity index is 1090. The van der Waals surface area contributed by atoms with Gasteiger partial charge in [0.05, 0.1) is 5.56 Å². The molecule has 1 aliphatic carbocycles. The van der Waals surface area contributed by atoms with Crippen molar-refractivity contribution in [2.45, 2.75) is 57.8 Å². The van der Waals surface area contributed by atoms with Gasteiger partial charge in [0, 0.05) is 10.9 Å². The van der Waals surface area contributed by atoms with Crippen LogP contribution in [0.5, 0.6) is 0 Å². The molecular weight excluding hydrogens is 376 g/mol. The van der Waals surface area contributed by atoms with Crippen LogP contribution in [-0.4, -0.2) is 0 Å². The third-order valence-electron chi connectivity index (χ3n) is 6.66. The third kappa shape index (κ3) is 4.10. The molecule has 0 bridgehead atoms. The first-order valence-corrected chi connectivity index (χ1v) is 11.0. The Morgan fingerprint density at radius 2 is 1.77 bits per heavy atom. The van der Waals surface area contributed by atoms with E-state index in [1.807, 2.05) is 12.1 Å². The van der Waals surface area contributed by atoms with Gasteiger partial charge >= 0.3 is 0 Å². The zero-order valence-corrected chi connectivity index (χ0v) is 17.4. The zero-order chi connectivity index (χ0) is 21.1. The summed E-state index contributed by atoms with van der Waals surface area (Å²) in [6.07, 6.45) is 8.67. The van der Waals surface area contributed by atoms with Crippen molar-refractivity contribution < 1.29 is 8.78 Å². The van der Waals surface area contributed by atoms with E-state index in [0.717, 1.165) is 29.9 Å². The largest absolute Gasteiger partial charge is 0.206 e. The first-order valence-electron chi connectivity index (χ1n) is 11.0. The summed E-state index contributed by atoms with van der Waals surface area (Å²) in [5.74, 6) is 0.535. The van der Waals surface area contributed by atoms with Gasteiger partial charge < -0.3 is 0 Å². The number of benzene rings is 3. The highest BCUT2D eigenvalue weighted by molar-refractivity contribution is 5.89. The fourth-order valence-electron chi connectivity index (χ4n) is 4.84. The minimum Gasteiger partial charge on any atom is -0.206 e. The molecule has 3 aromatic rings. The molecule has 0 aromatic heterocycles. The molecular formula is C27H27F2N. The Morgan fingerprint density at radius 3 is 2.47 bits per heavy atom. The molecule has 0 radical (unpaired) electrons. The maximum absolute atomic E-state index is 15.0. The maximum Gasteiger partial charge on any atom is 0.148 e. The molecule has 1 nitrogen and oxygen atoms in total. The van der Waals surface area contributed by atoms with Crippen molar-refractivity contribution in [3.63, 3.8) is 0 Å². The predicted molar refractivity (Wildman–Crippen MR) is 118 cm³/mol. The highest BCUT2D eigenvalue weighted by Crippen LogP contribution is 2.39. The molecule has 0 aliphatic heterocycles. The van der Waals surface area contributed by atoms with Crippen molar-refractivity contribution in [1.82, 2.24) is 0 Å². The molecule has 0 amide bonds. The smallest absolute Gasteiger partial charge is 0.148 e. The van der Waals surface area contributed by atoms with Gasteiger partial charge in [-0.05, 0) is 72.2 Å². The molecule has 0 N–H and O–H groups in total. The summed E-state index contributed by atoms with van der Waals surface area (Å²) in [5.41, 5.74) is 2.37. The van der Waals surface area contributed by atoms with E-state index in [-0.39, 0.29) is 11.4 Å². The van der Waals surface area contributed by atoms with E-state index < -0.39 is 5.82 Å². The number of fused-ring (bicyclic) bond motifs is 1. The first kappa shape index (κ1) is 20.5. The molecule has 3 aromatic carbocycles. The molecule has 1 fully saturated rings. The highest BCUT2D eigenvalue weighted by Gasteiger charge is 2.23. The number of hydrogen-bond acceptors (Lipinski definition) is 1. The van der Waals surface area contributed by atoms with E-state index in [1.165, 1.54) is 38.2 Å². The van der Waals surface area contributed by atoms with Crippen molar-refractivity contribution in [3.05, 3.63) is 71.3 Å². The molecule has 0 heterocycles. The van der Waals surface area contributed by atoms with Gasteiger partial charge in [-0.3, -0.25) is 0 Å². The van der Waals surface area contributed by atoms with Crippen LogP contribution in [0.25, 0.3) is 21.9 Å². The molecule has 0 atom stereocenters. The van der Waals surface area contributed by atoms with Crippen LogP contribution in [0.15, 0.2) is 48.5 Å². The third-order valence-corrected chi connectivity index (χ3v) is 6.66. The van der Waals surface area contributed by atoms with E-state index in [0.29, 0.717) is 22.3 Å². The predicted octanol–water partition coefficient (Wildman–Crippen LogP) is 8.12. The summed E-state index contributed by atoms with van der Waals surface area (Å²) in [7, 11) is 0. The van der Waals surface area contributed by atoms with Crippen LogP contribution < -0.4 is 0 Å². The average molecular weight is 404 g/mol. The number of unbranched alkanes of at least 4 members (excludes halogenated alkanes) is 1. The van der Waals surface area contributed by atoms with Crippen molar-refractivity contribution in [2.75, 3.05) is 0 Å². The molecule has 0 saturated heterocycles. The fourth-order valence-corrected chi connectivity index (χ4v) is 4.84. The van der Waals surface area contributed by atoms with Crippen LogP contribution in [0, 0.1) is 28.9 Å². The van der Waals surface area contributed by atoms with Crippen molar-refractivity contribution in [3.8, 4) is 17.2 Å². The number of halogens is 2. The highest BCUT2D eigenvalue weighted by atomic mass is 19.1. The summed E-state index contributed by atoms with van der Waals surface area (Å²) >= 11 is 0. The lowest BCUT2D eigenvalue weighted by molar-refractivity contribution is 0.304. The first-order chi connectivity index (χ1) is 14.6. The fraction of sp³-hybridized carbons (Fsp3) is 0.370. The number of hydrogen-bond donors (Lipinski definition) is 0. The van der Waals surface area contributed by atoms with Crippen molar-refractivity contribution >= 4 is 10.8 Å². The Labute approximate surface area is 177 Å². The number of nitriles is 1. The van der Waals surface area contributed by atoms with Gasteiger partial charge in [0.2, 0.25) is 0 Å². The van der Waals surface area contributed by atoms with Crippen LogP contribution in [-0.2, 0) is 0 Å². The van der Waals surface area contributed by atoms with Gasteiger partial charge in [-0.2, -0.15) is 5.26 Å². The van der Waals surface area contributed by atoms with E-state index >= 15 is 4.39 Å². The van der Waals surface area contributed by atoms with Crippen molar-refractivity contribution in [1.29, 1.82) is 5.26 Å². The maximum atomic E-state index is 15.0. The van der Waals surface area contributed by atoms with E-state index in [1.54, 1.807) is 30.3 Å². The SMILES string of the molecule is CCCCC1CCC(c2ccc(-c3ccc4c(F)c(C#N)ccc4c3)c(F)c2)CC1. The van der Waals surface area contributed by atoms with Crippen LogP contribution in [0.3, 0.4) is 0 Å². The normalized spacial score (nSPS) is 19.0.